The van der Waals surface area contributed by atoms with Crippen molar-refractivity contribution in [2.45, 2.75) is 38.2 Å². The van der Waals surface area contributed by atoms with Gasteiger partial charge in [0.05, 0.1) is 6.10 Å². The van der Waals surface area contributed by atoms with Gasteiger partial charge in [-0.3, -0.25) is 0 Å². The second-order valence-electron chi connectivity index (χ2n) is 4.94. The minimum absolute atomic E-state index is 0.389. The molecule has 0 spiro atoms. The molecule has 1 aliphatic carbocycles. The first-order valence-corrected chi connectivity index (χ1v) is 6.67. The second kappa shape index (κ2) is 6.77. The van der Waals surface area contributed by atoms with Crippen LogP contribution in [-0.4, -0.2) is 18.3 Å². The molecule has 0 aliphatic heterocycles. The van der Waals surface area contributed by atoms with Crippen molar-refractivity contribution in [3.63, 3.8) is 0 Å². The Morgan fingerprint density at radius 1 is 1.18 bits per heavy atom. The molecule has 0 aromatic heterocycles. The molecule has 1 aromatic rings. The summed E-state index contributed by atoms with van der Waals surface area (Å²) in [5, 5.41) is 9.93. The largest absolute Gasteiger partial charge is 0.388 e. The summed E-state index contributed by atoms with van der Waals surface area (Å²) in [4.78, 5) is 0. The van der Waals surface area contributed by atoms with E-state index < -0.39 is 0 Å². The molecule has 2 nitrogen and oxygen atoms in total. The first kappa shape index (κ1) is 12.6. The van der Waals surface area contributed by atoms with Gasteiger partial charge in [-0.1, -0.05) is 43.2 Å². The smallest absolute Gasteiger partial charge is 0.0812 e. The van der Waals surface area contributed by atoms with E-state index in [0.29, 0.717) is 13.0 Å². The van der Waals surface area contributed by atoms with E-state index in [4.69, 9.17) is 4.74 Å². The molecule has 0 bridgehead atoms. The van der Waals surface area contributed by atoms with Gasteiger partial charge >= 0.3 is 0 Å². The summed E-state index contributed by atoms with van der Waals surface area (Å²) >= 11 is 0. The fourth-order valence-corrected chi connectivity index (χ4v) is 2.46. The molecular formula is C15H22O2. The average molecular weight is 234 g/mol. The first-order valence-electron chi connectivity index (χ1n) is 6.67. The van der Waals surface area contributed by atoms with Gasteiger partial charge in [0.2, 0.25) is 0 Å². The van der Waals surface area contributed by atoms with Crippen LogP contribution in [0.2, 0.25) is 0 Å². The normalized spacial score (nSPS) is 18.4. The lowest BCUT2D eigenvalue weighted by molar-refractivity contribution is 0.0636. The molecule has 2 heteroatoms. The highest BCUT2D eigenvalue weighted by atomic mass is 16.5. The number of hydrogen-bond donors (Lipinski definition) is 1. The van der Waals surface area contributed by atoms with Gasteiger partial charge in [-0.15, -0.1) is 0 Å². The molecule has 1 atom stereocenters. The Labute approximate surface area is 104 Å². The van der Waals surface area contributed by atoms with Crippen molar-refractivity contribution in [2.24, 2.45) is 5.92 Å². The zero-order valence-electron chi connectivity index (χ0n) is 10.3. The number of ether oxygens (including phenoxy) is 1. The third-order valence-electron chi connectivity index (χ3n) is 3.55. The SMILES string of the molecule is OC(CCOCC1CCCC1)c1ccccc1. The number of hydrogen-bond acceptors (Lipinski definition) is 2. The Balaban J connectivity index is 1.61. The van der Waals surface area contributed by atoms with Crippen molar-refractivity contribution in [3.05, 3.63) is 35.9 Å². The Hall–Kier alpha value is -0.860. The van der Waals surface area contributed by atoms with Crippen molar-refractivity contribution in [1.29, 1.82) is 0 Å². The van der Waals surface area contributed by atoms with Crippen LogP contribution in [0.4, 0.5) is 0 Å². The van der Waals surface area contributed by atoms with E-state index in [9.17, 15) is 5.11 Å². The van der Waals surface area contributed by atoms with Gasteiger partial charge in [0.25, 0.3) is 0 Å². The van der Waals surface area contributed by atoms with Gasteiger partial charge < -0.3 is 9.84 Å². The van der Waals surface area contributed by atoms with Crippen molar-refractivity contribution in [1.82, 2.24) is 0 Å². The first-order chi connectivity index (χ1) is 8.36. The van der Waals surface area contributed by atoms with Crippen molar-refractivity contribution < 1.29 is 9.84 Å². The van der Waals surface area contributed by atoms with Crippen LogP contribution in [0.5, 0.6) is 0 Å². The summed E-state index contributed by atoms with van der Waals surface area (Å²) in [6.07, 6.45) is 5.67. The highest BCUT2D eigenvalue weighted by molar-refractivity contribution is 5.16. The summed E-state index contributed by atoms with van der Waals surface area (Å²) in [7, 11) is 0. The van der Waals surface area contributed by atoms with E-state index in [0.717, 1.165) is 18.1 Å². The standard InChI is InChI=1S/C15H22O2/c16-15(14-8-2-1-3-9-14)10-11-17-12-13-6-4-5-7-13/h1-3,8-9,13,15-16H,4-7,10-12H2. The highest BCUT2D eigenvalue weighted by Gasteiger charge is 2.15. The number of aliphatic hydroxyl groups excluding tert-OH is 1. The highest BCUT2D eigenvalue weighted by Crippen LogP contribution is 2.25. The molecule has 1 aromatic carbocycles. The summed E-state index contributed by atoms with van der Waals surface area (Å²) in [6, 6.07) is 9.80. The van der Waals surface area contributed by atoms with E-state index in [2.05, 4.69) is 0 Å². The van der Waals surface area contributed by atoms with E-state index >= 15 is 0 Å². The fraction of sp³-hybridized carbons (Fsp3) is 0.600. The molecule has 0 heterocycles. The lowest BCUT2D eigenvalue weighted by Gasteiger charge is -2.13. The van der Waals surface area contributed by atoms with Crippen molar-refractivity contribution >= 4 is 0 Å². The number of rotatable bonds is 6. The van der Waals surface area contributed by atoms with Crippen molar-refractivity contribution in [2.75, 3.05) is 13.2 Å². The van der Waals surface area contributed by atoms with Crippen LogP contribution in [0.25, 0.3) is 0 Å². The van der Waals surface area contributed by atoms with Crippen LogP contribution in [-0.2, 0) is 4.74 Å². The zero-order valence-corrected chi connectivity index (χ0v) is 10.3. The maximum atomic E-state index is 9.93. The van der Waals surface area contributed by atoms with Crippen LogP contribution in [0.1, 0.15) is 43.8 Å². The molecule has 0 radical (unpaired) electrons. The molecule has 1 fully saturated rings. The van der Waals surface area contributed by atoms with Crippen LogP contribution in [0, 0.1) is 5.92 Å². The van der Waals surface area contributed by atoms with E-state index in [1.807, 2.05) is 30.3 Å². The molecule has 2 rings (SSSR count). The molecule has 17 heavy (non-hydrogen) atoms. The zero-order chi connectivity index (χ0) is 11.9. The predicted molar refractivity (Wildman–Crippen MR) is 68.8 cm³/mol. The maximum absolute atomic E-state index is 9.93. The molecule has 94 valence electrons. The summed E-state index contributed by atoms with van der Waals surface area (Å²) < 4.78 is 5.65. The fourth-order valence-electron chi connectivity index (χ4n) is 2.46. The Bertz CT molecular complexity index is 304. The number of aliphatic hydroxyl groups is 1. The van der Waals surface area contributed by atoms with Crippen molar-refractivity contribution in [3.8, 4) is 0 Å². The molecule has 1 unspecified atom stereocenters. The molecule has 1 aliphatic rings. The molecule has 0 saturated heterocycles. The van der Waals surface area contributed by atoms with Gasteiger partial charge in [0, 0.05) is 19.6 Å². The Morgan fingerprint density at radius 2 is 1.88 bits per heavy atom. The summed E-state index contributed by atoms with van der Waals surface area (Å²) in [5.74, 6) is 0.767. The third kappa shape index (κ3) is 4.14. The van der Waals surface area contributed by atoms with Crippen LogP contribution in [0.3, 0.4) is 0 Å². The van der Waals surface area contributed by atoms with Crippen LogP contribution in [0.15, 0.2) is 30.3 Å². The maximum Gasteiger partial charge on any atom is 0.0812 e. The molecule has 0 amide bonds. The monoisotopic (exact) mass is 234 g/mol. The number of benzene rings is 1. The second-order valence-corrected chi connectivity index (χ2v) is 4.94. The van der Waals surface area contributed by atoms with E-state index in [1.165, 1.54) is 25.7 Å². The summed E-state index contributed by atoms with van der Waals surface area (Å²) in [5.41, 5.74) is 0.983. The molecule has 1 N–H and O–H groups in total. The lowest BCUT2D eigenvalue weighted by Crippen LogP contribution is -2.09. The van der Waals surface area contributed by atoms with Gasteiger partial charge in [-0.05, 0) is 24.3 Å². The molecular weight excluding hydrogens is 212 g/mol. The third-order valence-corrected chi connectivity index (χ3v) is 3.55. The van der Waals surface area contributed by atoms with Crippen LogP contribution >= 0.6 is 0 Å². The minimum Gasteiger partial charge on any atom is -0.388 e. The predicted octanol–water partition coefficient (Wildman–Crippen LogP) is 3.32. The summed E-state index contributed by atoms with van der Waals surface area (Å²) in [6.45, 7) is 1.54. The van der Waals surface area contributed by atoms with E-state index in [1.54, 1.807) is 0 Å². The topological polar surface area (TPSA) is 29.5 Å². The lowest BCUT2D eigenvalue weighted by atomic mass is 10.1. The molecule has 1 saturated carbocycles. The van der Waals surface area contributed by atoms with Gasteiger partial charge in [-0.25, -0.2) is 0 Å². The van der Waals surface area contributed by atoms with Gasteiger partial charge in [-0.2, -0.15) is 0 Å². The Kier molecular flexibility index (Phi) is 5.02. The van der Waals surface area contributed by atoms with Gasteiger partial charge in [0.1, 0.15) is 0 Å². The van der Waals surface area contributed by atoms with Gasteiger partial charge in [0.15, 0.2) is 0 Å². The average Bonchev–Trinajstić information content (AvgIpc) is 2.88. The minimum atomic E-state index is -0.389. The van der Waals surface area contributed by atoms with Crippen LogP contribution < -0.4 is 0 Å². The quantitative estimate of drug-likeness (QED) is 0.765. The van der Waals surface area contributed by atoms with E-state index in [-0.39, 0.29) is 6.10 Å². The Morgan fingerprint density at radius 3 is 2.59 bits per heavy atom.